The van der Waals surface area contributed by atoms with Crippen molar-refractivity contribution in [2.75, 3.05) is 6.54 Å². The predicted octanol–water partition coefficient (Wildman–Crippen LogP) is 3.09. The van der Waals surface area contributed by atoms with Gasteiger partial charge in [-0.3, -0.25) is 19.3 Å². The summed E-state index contributed by atoms with van der Waals surface area (Å²) >= 11 is 0. The van der Waals surface area contributed by atoms with Crippen LogP contribution in [0.2, 0.25) is 0 Å². The van der Waals surface area contributed by atoms with E-state index in [1.54, 1.807) is 6.92 Å². The second-order valence-corrected chi connectivity index (χ2v) is 8.61. The van der Waals surface area contributed by atoms with Crippen molar-refractivity contribution in [3.8, 4) is 0 Å². The van der Waals surface area contributed by atoms with E-state index < -0.39 is 30.2 Å². The first kappa shape index (κ1) is 21.1. The molecule has 2 fully saturated rings. The number of H-pyrrole nitrogens is 1. The molecule has 1 aromatic carbocycles. The first-order valence-corrected chi connectivity index (χ1v) is 10.7. The number of amides is 3. The number of rotatable bonds is 5. The van der Waals surface area contributed by atoms with Gasteiger partial charge in [-0.15, -0.1) is 0 Å². The van der Waals surface area contributed by atoms with Crippen molar-refractivity contribution in [3.63, 3.8) is 0 Å². The predicted molar refractivity (Wildman–Crippen MR) is 114 cm³/mol. The molecule has 1 aliphatic heterocycles. The molecule has 164 valence electrons. The molecule has 3 amide bonds. The van der Waals surface area contributed by atoms with Gasteiger partial charge in [0, 0.05) is 22.2 Å². The number of hydrogen-bond donors (Lipinski definition) is 2. The summed E-state index contributed by atoms with van der Waals surface area (Å²) in [4.78, 5) is 55.0. The van der Waals surface area contributed by atoms with Gasteiger partial charge in [0.1, 0.15) is 12.1 Å². The average molecular weight is 425 g/mol. The zero-order valence-electron chi connectivity index (χ0n) is 18.0. The number of hydrogen-bond acceptors (Lipinski definition) is 5. The molecule has 31 heavy (non-hydrogen) atoms. The summed E-state index contributed by atoms with van der Waals surface area (Å²) in [6.45, 7) is 4.73. The minimum atomic E-state index is -1.05. The highest BCUT2D eigenvalue weighted by molar-refractivity contribution is 6.12. The second-order valence-electron chi connectivity index (χ2n) is 8.61. The van der Waals surface area contributed by atoms with Gasteiger partial charge in [0.2, 0.25) is 5.78 Å². The molecular formula is C23H27N3O5. The number of ketones is 1. The number of carbonyl (C=O) groups excluding carboxylic acids is 4. The van der Waals surface area contributed by atoms with E-state index in [1.807, 2.05) is 31.2 Å². The summed E-state index contributed by atoms with van der Waals surface area (Å²) in [5, 5.41) is 3.57. The largest absolute Gasteiger partial charge is 0.453 e. The Balaban J connectivity index is 1.45. The molecule has 2 N–H and O–H groups in total. The average Bonchev–Trinajstić information content (AvgIpc) is 3.18. The molecule has 8 nitrogen and oxygen atoms in total. The van der Waals surface area contributed by atoms with Crippen LogP contribution in [0.4, 0.5) is 4.79 Å². The second kappa shape index (κ2) is 7.83. The molecular weight excluding hydrogens is 398 g/mol. The van der Waals surface area contributed by atoms with Gasteiger partial charge in [-0.05, 0) is 38.7 Å². The number of nitrogens with one attached hydrogen (secondary N) is 2. The highest BCUT2D eigenvalue weighted by Gasteiger charge is 2.55. The summed E-state index contributed by atoms with van der Waals surface area (Å²) in [5.41, 5.74) is 1.06. The summed E-state index contributed by atoms with van der Waals surface area (Å²) in [5.74, 6) is -1.50. The number of Topliss-reactive ketones (excluding diaryl/α,β-unsaturated/α-hetero) is 1. The van der Waals surface area contributed by atoms with E-state index in [9.17, 15) is 19.2 Å². The van der Waals surface area contributed by atoms with Gasteiger partial charge >= 0.3 is 12.0 Å². The van der Waals surface area contributed by atoms with Crippen LogP contribution in [0, 0.1) is 12.8 Å². The van der Waals surface area contributed by atoms with Crippen LogP contribution in [0.15, 0.2) is 24.3 Å². The van der Waals surface area contributed by atoms with Crippen LogP contribution in [0.1, 0.15) is 55.6 Å². The molecule has 3 atom stereocenters. The van der Waals surface area contributed by atoms with E-state index in [-0.39, 0.29) is 17.6 Å². The van der Waals surface area contributed by atoms with Crippen LogP contribution >= 0.6 is 0 Å². The summed E-state index contributed by atoms with van der Waals surface area (Å²) < 4.78 is 5.32. The number of fused-ring (bicyclic) bond motifs is 1. The Labute approximate surface area is 180 Å². The van der Waals surface area contributed by atoms with Crippen molar-refractivity contribution >= 4 is 34.6 Å². The number of ether oxygens (including phenoxy) is 1. The maximum Gasteiger partial charge on any atom is 0.326 e. The highest BCUT2D eigenvalue weighted by Crippen LogP contribution is 2.38. The number of para-hydroxylation sites is 1. The standard InChI is InChI=1S/C23H27N3O5/c1-13-8-6-7-11-23(13)21(29)26(22(30)25-23)12-18(27)31-15(3)20(28)19-14(2)24-17-10-5-4-9-16(17)19/h4-5,9-10,13,15,24H,6-8,11-12H2,1-3H3,(H,25,30)/t13-,15-,23+/m0/s1. The summed E-state index contributed by atoms with van der Waals surface area (Å²) in [6, 6.07) is 6.83. The van der Waals surface area contributed by atoms with Crippen molar-refractivity contribution in [1.82, 2.24) is 15.2 Å². The lowest BCUT2D eigenvalue weighted by Crippen LogP contribution is -2.54. The maximum absolute atomic E-state index is 13.0. The van der Waals surface area contributed by atoms with E-state index in [0.29, 0.717) is 17.7 Å². The lowest BCUT2D eigenvalue weighted by Gasteiger charge is -2.36. The third kappa shape index (κ3) is 3.49. The smallest absolute Gasteiger partial charge is 0.326 e. The lowest BCUT2D eigenvalue weighted by atomic mass is 9.73. The van der Waals surface area contributed by atoms with Crippen LogP contribution in [0.5, 0.6) is 0 Å². The molecule has 0 bridgehead atoms. The van der Waals surface area contributed by atoms with Gasteiger partial charge < -0.3 is 15.0 Å². The molecule has 0 unspecified atom stereocenters. The number of esters is 1. The SMILES string of the molecule is Cc1[nH]c2ccccc2c1C(=O)[C@H](C)OC(=O)CN1C(=O)N[C@@]2(CCCC[C@@H]2C)C1=O. The third-order valence-electron chi connectivity index (χ3n) is 6.61. The minimum Gasteiger partial charge on any atom is -0.453 e. The zero-order valence-corrected chi connectivity index (χ0v) is 18.0. The van der Waals surface area contributed by atoms with E-state index in [4.69, 9.17) is 4.74 Å². The molecule has 2 aliphatic rings. The molecule has 4 rings (SSSR count). The van der Waals surface area contributed by atoms with E-state index in [2.05, 4.69) is 10.3 Å². The van der Waals surface area contributed by atoms with Crippen molar-refractivity contribution in [2.45, 2.75) is 58.1 Å². The maximum atomic E-state index is 13.0. The summed E-state index contributed by atoms with van der Waals surface area (Å²) in [7, 11) is 0. The minimum absolute atomic E-state index is 0.00377. The van der Waals surface area contributed by atoms with Crippen molar-refractivity contribution in [2.24, 2.45) is 5.92 Å². The first-order chi connectivity index (χ1) is 14.7. The lowest BCUT2D eigenvalue weighted by molar-refractivity contribution is -0.150. The number of aromatic nitrogens is 1. The first-order valence-electron chi connectivity index (χ1n) is 10.7. The number of nitrogens with zero attached hydrogens (tertiary/aromatic N) is 1. The zero-order chi connectivity index (χ0) is 22.3. The Kier molecular flexibility index (Phi) is 5.33. The van der Waals surface area contributed by atoms with Gasteiger partial charge in [-0.1, -0.05) is 38.0 Å². The van der Waals surface area contributed by atoms with Crippen LogP contribution in [-0.4, -0.2) is 51.8 Å². The van der Waals surface area contributed by atoms with Crippen molar-refractivity contribution < 1.29 is 23.9 Å². The molecule has 1 saturated carbocycles. The van der Waals surface area contributed by atoms with Crippen LogP contribution in [-0.2, 0) is 14.3 Å². The molecule has 2 aromatic rings. The highest BCUT2D eigenvalue weighted by atomic mass is 16.5. The Morgan fingerprint density at radius 1 is 1.26 bits per heavy atom. The Hall–Kier alpha value is -3.16. The molecule has 8 heteroatoms. The van der Waals surface area contributed by atoms with E-state index in [0.717, 1.165) is 35.1 Å². The van der Waals surface area contributed by atoms with Gasteiger partial charge in [-0.2, -0.15) is 0 Å². The van der Waals surface area contributed by atoms with E-state index >= 15 is 0 Å². The van der Waals surface area contributed by atoms with Crippen molar-refractivity contribution in [3.05, 3.63) is 35.5 Å². The number of imide groups is 1. The number of urea groups is 1. The monoisotopic (exact) mass is 425 g/mol. The normalized spacial score (nSPS) is 24.5. The van der Waals surface area contributed by atoms with Crippen LogP contribution < -0.4 is 5.32 Å². The fraction of sp³-hybridized carbons (Fsp3) is 0.478. The molecule has 1 spiro atoms. The van der Waals surface area contributed by atoms with Gasteiger partial charge in [-0.25, -0.2) is 4.79 Å². The van der Waals surface area contributed by atoms with Crippen LogP contribution in [0.3, 0.4) is 0 Å². The Morgan fingerprint density at radius 3 is 2.74 bits per heavy atom. The molecule has 2 heterocycles. The number of aryl methyl sites for hydroxylation is 1. The molecule has 1 saturated heterocycles. The van der Waals surface area contributed by atoms with E-state index in [1.165, 1.54) is 6.92 Å². The fourth-order valence-corrected chi connectivity index (χ4v) is 4.85. The number of carbonyl (C=O) groups is 4. The van der Waals surface area contributed by atoms with Crippen LogP contribution in [0.25, 0.3) is 10.9 Å². The topological polar surface area (TPSA) is 109 Å². The van der Waals surface area contributed by atoms with Gasteiger partial charge in [0.15, 0.2) is 6.10 Å². The van der Waals surface area contributed by atoms with Crippen molar-refractivity contribution in [1.29, 1.82) is 0 Å². The Morgan fingerprint density at radius 2 is 2.00 bits per heavy atom. The molecule has 1 aliphatic carbocycles. The number of benzene rings is 1. The number of aromatic amines is 1. The third-order valence-corrected chi connectivity index (χ3v) is 6.61. The fourth-order valence-electron chi connectivity index (χ4n) is 4.85. The molecule has 1 aromatic heterocycles. The summed E-state index contributed by atoms with van der Waals surface area (Å²) in [6.07, 6.45) is 2.23. The van der Waals surface area contributed by atoms with Gasteiger partial charge in [0.05, 0.1) is 0 Å². The van der Waals surface area contributed by atoms with Gasteiger partial charge in [0.25, 0.3) is 5.91 Å². The quantitative estimate of drug-likeness (QED) is 0.435. The molecule has 0 radical (unpaired) electrons. The Bertz CT molecular complexity index is 1070.